The number of benzene rings is 3. The van der Waals surface area contributed by atoms with Gasteiger partial charge in [0, 0.05) is 74.3 Å². The number of hydrogen-bond donors (Lipinski definition) is 2. The van der Waals surface area contributed by atoms with Gasteiger partial charge in [0.2, 0.25) is 5.13 Å². The first-order chi connectivity index (χ1) is 19.8. The molecule has 1 saturated heterocycles. The lowest BCUT2D eigenvalue weighted by molar-refractivity contribution is 0.200. The summed E-state index contributed by atoms with van der Waals surface area (Å²) in [4.78, 5) is 24.1. The molecule has 0 spiro atoms. The molecule has 2 heterocycles. The summed E-state index contributed by atoms with van der Waals surface area (Å²) in [5, 5.41) is 12.9. The molecule has 0 aliphatic carbocycles. The molecule has 10 heteroatoms. The van der Waals surface area contributed by atoms with Crippen LogP contribution in [0.4, 0.5) is 27.0 Å². The predicted octanol–water partition coefficient (Wildman–Crippen LogP) is 5.18. The quantitative estimate of drug-likeness (QED) is 0.297. The van der Waals surface area contributed by atoms with Gasteiger partial charge in [0.05, 0.1) is 11.6 Å². The van der Waals surface area contributed by atoms with Gasteiger partial charge in [0.15, 0.2) is 5.82 Å². The molecule has 2 unspecified atom stereocenters. The molecule has 0 saturated carbocycles. The van der Waals surface area contributed by atoms with E-state index in [9.17, 15) is 4.79 Å². The van der Waals surface area contributed by atoms with E-state index in [-0.39, 0.29) is 18.0 Å². The average molecular weight is 567 g/mol. The molecule has 3 aromatic carbocycles. The lowest BCUT2D eigenvalue weighted by Gasteiger charge is -2.39. The zero-order chi connectivity index (χ0) is 28.9. The summed E-state index contributed by atoms with van der Waals surface area (Å²) in [5.74, 6) is 0.772. The number of urea groups is 1. The van der Waals surface area contributed by atoms with Crippen LogP contribution in [0.5, 0.6) is 0 Å². The minimum absolute atomic E-state index is 0.0163. The van der Waals surface area contributed by atoms with Gasteiger partial charge in [-0.3, -0.25) is 0 Å². The van der Waals surface area contributed by atoms with Gasteiger partial charge in [-0.1, -0.05) is 30.3 Å². The van der Waals surface area contributed by atoms with Crippen molar-refractivity contribution in [2.24, 2.45) is 0 Å². The molecule has 9 nitrogen and oxygen atoms in total. The van der Waals surface area contributed by atoms with Gasteiger partial charge in [0.1, 0.15) is 0 Å². The van der Waals surface area contributed by atoms with Crippen molar-refractivity contribution in [2.45, 2.75) is 25.3 Å². The SMILES string of the molecule is CC1CN(C(=O)Nc2cccc(C#N)c2)CCN1c1nc(C(Cc2ccc(N(C)C)cc2)c2ccc(N)cc2)ns1. The molecule has 1 aromatic heterocycles. The Hall–Kier alpha value is -4.62. The molecule has 3 N–H and O–H groups in total. The predicted molar refractivity (Wildman–Crippen MR) is 166 cm³/mol. The highest BCUT2D eigenvalue weighted by molar-refractivity contribution is 7.09. The standard InChI is InChI=1S/C31H34N8OS/c1-21-20-38(30(40)34-26-6-4-5-23(17-26)19-32)15-16-39(21)31-35-29(36-41-31)28(24-9-11-25(33)12-10-24)18-22-7-13-27(14-8-22)37(2)3/h4-14,17,21,28H,15-16,18,20,33H2,1-3H3,(H,34,40). The normalized spacial score (nSPS) is 15.7. The summed E-state index contributed by atoms with van der Waals surface area (Å²) in [6.45, 7) is 3.86. The number of nitrogens with two attached hydrogens (primary N) is 1. The molecule has 2 atom stereocenters. The number of nitriles is 1. The summed E-state index contributed by atoms with van der Waals surface area (Å²) in [7, 11) is 4.07. The number of nitrogens with one attached hydrogen (secondary N) is 1. The first kappa shape index (κ1) is 27.9. The van der Waals surface area contributed by atoms with Crippen molar-refractivity contribution in [1.29, 1.82) is 5.26 Å². The van der Waals surface area contributed by atoms with Crippen LogP contribution in [-0.2, 0) is 6.42 Å². The molecule has 2 amide bonds. The van der Waals surface area contributed by atoms with Crippen LogP contribution in [0.1, 0.15) is 35.4 Å². The molecular formula is C31H34N8OS. The Bertz CT molecular complexity index is 1530. The lowest BCUT2D eigenvalue weighted by Crippen LogP contribution is -2.54. The molecule has 4 aromatic rings. The summed E-state index contributed by atoms with van der Waals surface area (Å²) in [5.41, 5.74) is 11.3. The second-order valence-corrected chi connectivity index (χ2v) is 11.3. The van der Waals surface area contributed by atoms with Crippen molar-refractivity contribution < 1.29 is 4.79 Å². The molecule has 0 radical (unpaired) electrons. The highest BCUT2D eigenvalue weighted by Gasteiger charge is 2.30. The summed E-state index contributed by atoms with van der Waals surface area (Å²) in [6, 6.07) is 25.5. The van der Waals surface area contributed by atoms with Crippen LogP contribution in [0.25, 0.3) is 0 Å². The summed E-state index contributed by atoms with van der Waals surface area (Å²) in [6.07, 6.45) is 0.768. The number of carbonyl (C=O) groups excluding carboxylic acids is 1. The van der Waals surface area contributed by atoms with Crippen LogP contribution in [0.3, 0.4) is 0 Å². The summed E-state index contributed by atoms with van der Waals surface area (Å²) >= 11 is 1.40. The topological polar surface area (TPSA) is 114 Å². The monoisotopic (exact) mass is 566 g/mol. The van der Waals surface area contributed by atoms with Crippen molar-refractivity contribution in [3.63, 3.8) is 0 Å². The highest BCUT2D eigenvalue weighted by Crippen LogP contribution is 2.32. The van der Waals surface area contributed by atoms with E-state index in [1.54, 1.807) is 29.2 Å². The van der Waals surface area contributed by atoms with Crippen molar-refractivity contribution in [1.82, 2.24) is 14.3 Å². The van der Waals surface area contributed by atoms with E-state index in [0.717, 1.165) is 34.3 Å². The van der Waals surface area contributed by atoms with E-state index in [1.807, 2.05) is 26.2 Å². The highest BCUT2D eigenvalue weighted by atomic mass is 32.1. The van der Waals surface area contributed by atoms with Crippen molar-refractivity contribution in [2.75, 3.05) is 54.6 Å². The van der Waals surface area contributed by atoms with E-state index in [4.69, 9.17) is 20.4 Å². The largest absolute Gasteiger partial charge is 0.399 e. The molecule has 1 aliphatic rings. The number of amides is 2. The van der Waals surface area contributed by atoms with E-state index in [2.05, 4.69) is 64.5 Å². The Balaban J connectivity index is 1.30. The minimum Gasteiger partial charge on any atom is -0.399 e. The fourth-order valence-electron chi connectivity index (χ4n) is 5.03. The van der Waals surface area contributed by atoms with E-state index >= 15 is 0 Å². The molecule has 1 aliphatic heterocycles. The second kappa shape index (κ2) is 12.3. The maximum absolute atomic E-state index is 12.9. The van der Waals surface area contributed by atoms with Crippen molar-refractivity contribution >= 4 is 39.8 Å². The Kier molecular flexibility index (Phi) is 8.36. The third kappa shape index (κ3) is 6.58. The fourth-order valence-corrected chi connectivity index (χ4v) is 5.89. The van der Waals surface area contributed by atoms with E-state index in [1.165, 1.54) is 17.1 Å². The van der Waals surface area contributed by atoms with Gasteiger partial charge >= 0.3 is 6.03 Å². The van der Waals surface area contributed by atoms with Crippen LogP contribution in [0, 0.1) is 11.3 Å². The molecular weight excluding hydrogens is 532 g/mol. The number of nitrogen functional groups attached to an aromatic ring is 1. The first-order valence-electron chi connectivity index (χ1n) is 13.6. The van der Waals surface area contributed by atoms with Gasteiger partial charge in [-0.05, 0) is 66.9 Å². The third-order valence-electron chi connectivity index (χ3n) is 7.38. The molecule has 41 heavy (non-hydrogen) atoms. The van der Waals surface area contributed by atoms with E-state index < -0.39 is 0 Å². The van der Waals surface area contributed by atoms with Crippen LogP contribution in [0.15, 0.2) is 72.8 Å². The van der Waals surface area contributed by atoms with Gasteiger partial charge < -0.3 is 25.8 Å². The van der Waals surface area contributed by atoms with Crippen LogP contribution in [0.2, 0.25) is 0 Å². The van der Waals surface area contributed by atoms with Crippen molar-refractivity contribution in [3.8, 4) is 6.07 Å². The second-order valence-electron chi connectivity index (χ2n) is 10.5. The van der Waals surface area contributed by atoms with Crippen LogP contribution < -0.4 is 20.9 Å². The van der Waals surface area contributed by atoms with E-state index in [0.29, 0.717) is 30.9 Å². The Morgan fingerprint density at radius 3 is 2.59 bits per heavy atom. The third-order valence-corrected chi connectivity index (χ3v) is 8.14. The molecule has 5 rings (SSSR count). The number of aromatic nitrogens is 2. The van der Waals surface area contributed by atoms with Crippen LogP contribution >= 0.6 is 11.5 Å². The Morgan fingerprint density at radius 1 is 1.15 bits per heavy atom. The Labute approximate surface area is 245 Å². The van der Waals surface area contributed by atoms with Crippen LogP contribution in [-0.4, -0.2) is 60.1 Å². The molecule has 210 valence electrons. The number of hydrogen-bond acceptors (Lipinski definition) is 8. The Morgan fingerprint density at radius 2 is 1.90 bits per heavy atom. The smallest absolute Gasteiger partial charge is 0.321 e. The fraction of sp³-hybridized carbons (Fsp3) is 0.290. The maximum Gasteiger partial charge on any atom is 0.321 e. The number of anilines is 4. The number of piperazine rings is 1. The maximum atomic E-state index is 12.9. The van der Waals surface area contributed by atoms with Crippen molar-refractivity contribution in [3.05, 3.63) is 95.3 Å². The first-order valence-corrected chi connectivity index (χ1v) is 14.4. The zero-order valence-corrected chi connectivity index (χ0v) is 24.3. The van der Waals surface area contributed by atoms with Gasteiger partial charge in [0.25, 0.3) is 0 Å². The minimum atomic E-state index is -0.173. The lowest BCUT2D eigenvalue weighted by atomic mass is 9.91. The van der Waals surface area contributed by atoms with Gasteiger partial charge in [-0.25, -0.2) is 9.78 Å². The van der Waals surface area contributed by atoms with Gasteiger partial charge in [-0.2, -0.15) is 9.64 Å². The van der Waals surface area contributed by atoms with Gasteiger partial charge in [-0.15, -0.1) is 0 Å². The molecule has 1 fully saturated rings. The number of nitrogens with zero attached hydrogens (tertiary/aromatic N) is 6. The number of carbonyl (C=O) groups is 1. The summed E-state index contributed by atoms with van der Waals surface area (Å²) < 4.78 is 4.82. The zero-order valence-electron chi connectivity index (χ0n) is 23.5. The number of rotatable bonds is 7. The molecule has 0 bridgehead atoms. The average Bonchev–Trinajstić information content (AvgIpc) is 3.46.